The average molecular weight is 178 g/mol. The molecule has 0 aromatic carbocycles. The molecule has 0 bridgehead atoms. The van der Waals surface area contributed by atoms with Gasteiger partial charge in [-0.3, -0.25) is 9.78 Å². The van der Waals surface area contributed by atoms with Gasteiger partial charge in [0.1, 0.15) is 0 Å². The van der Waals surface area contributed by atoms with Crippen LogP contribution in [-0.4, -0.2) is 10.9 Å². The Balaban J connectivity index is 3.35. The first-order valence-electron chi connectivity index (χ1n) is 4.32. The Morgan fingerprint density at radius 3 is 2.62 bits per heavy atom. The number of carbonyl (C=O) groups is 1. The van der Waals surface area contributed by atoms with E-state index in [0.717, 1.165) is 23.2 Å². The van der Waals surface area contributed by atoms with Gasteiger partial charge in [-0.05, 0) is 31.4 Å². The lowest BCUT2D eigenvalue weighted by molar-refractivity contribution is 0.0999. The van der Waals surface area contributed by atoms with Crippen LogP contribution in [0.15, 0.2) is 6.20 Å². The lowest BCUT2D eigenvalue weighted by atomic mass is 10.0. The van der Waals surface area contributed by atoms with Crippen LogP contribution in [0.3, 0.4) is 0 Å². The van der Waals surface area contributed by atoms with E-state index in [1.54, 1.807) is 6.20 Å². The first-order valence-corrected chi connectivity index (χ1v) is 4.32. The molecule has 13 heavy (non-hydrogen) atoms. The van der Waals surface area contributed by atoms with Gasteiger partial charge >= 0.3 is 0 Å². The first kappa shape index (κ1) is 9.71. The number of hydrogen-bond donors (Lipinski definition) is 1. The Kier molecular flexibility index (Phi) is 2.66. The maximum atomic E-state index is 11.0. The maximum Gasteiger partial charge on any atom is 0.250 e. The van der Waals surface area contributed by atoms with E-state index in [2.05, 4.69) is 4.98 Å². The van der Waals surface area contributed by atoms with Gasteiger partial charge in [0, 0.05) is 11.9 Å². The number of nitrogens with two attached hydrogens (primary N) is 1. The molecule has 70 valence electrons. The van der Waals surface area contributed by atoms with Gasteiger partial charge in [0.15, 0.2) is 0 Å². The zero-order valence-corrected chi connectivity index (χ0v) is 8.22. The van der Waals surface area contributed by atoms with E-state index in [-0.39, 0.29) is 0 Å². The van der Waals surface area contributed by atoms with E-state index in [1.165, 1.54) is 0 Å². The molecule has 1 aromatic rings. The van der Waals surface area contributed by atoms with Crippen LogP contribution >= 0.6 is 0 Å². The monoisotopic (exact) mass is 178 g/mol. The van der Waals surface area contributed by atoms with Crippen LogP contribution in [0.4, 0.5) is 0 Å². The van der Waals surface area contributed by atoms with Crippen molar-refractivity contribution >= 4 is 5.91 Å². The Morgan fingerprint density at radius 1 is 1.54 bits per heavy atom. The highest BCUT2D eigenvalue weighted by Crippen LogP contribution is 2.15. The number of primary amides is 1. The zero-order valence-electron chi connectivity index (χ0n) is 8.22. The van der Waals surface area contributed by atoms with Gasteiger partial charge in [0.2, 0.25) is 0 Å². The average Bonchev–Trinajstić information content (AvgIpc) is 2.04. The number of rotatable bonds is 2. The molecule has 0 fully saturated rings. The third-order valence-electron chi connectivity index (χ3n) is 2.30. The minimum Gasteiger partial charge on any atom is -0.366 e. The molecule has 0 saturated carbocycles. The van der Waals surface area contributed by atoms with Crippen molar-refractivity contribution < 1.29 is 4.79 Å². The van der Waals surface area contributed by atoms with Crippen LogP contribution in [-0.2, 0) is 6.42 Å². The summed E-state index contributed by atoms with van der Waals surface area (Å²) in [7, 11) is 0. The normalized spacial score (nSPS) is 10.1. The highest BCUT2D eigenvalue weighted by atomic mass is 16.1. The SMILES string of the molecule is CCc1c(C)ncc(C(N)=O)c1C. The predicted molar refractivity (Wildman–Crippen MR) is 51.6 cm³/mol. The summed E-state index contributed by atoms with van der Waals surface area (Å²) in [5, 5.41) is 0. The van der Waals surface area contributed by atoms with Crippen molar-refractivity contribution in [1.82, 2.24) is 4.98 Å². The van der Waals surface area contributed by atoms with E-state index in [1.807, 2.05) is 20.8 Å². The van der Waals surface area contributed by atoms with Crippen molar-refractivity contribution in [2.75, 3.05) is 0 Å². The number of hydrogen-bond acceptors (Lipinski definition) is 2. The molecule has 0 radical (unpaired) electrons. The summed E-state index contributed by atoms with van der Waals surface area (Å²) in [6.07, 6.45) is 2.43. The van der Waals surface area contributed by atoms with E-state index < -0.39 is 5.91 Å². The molecule has 1 rings (SSSR count). The third-order valence-corrected chi connectivity index (χ3v) is 2.30. The molecule has 3 heteroatoms. The smallest absolute Gasteiger partial charge is 0.250 e. The summed E-state index contributed by atoms with van der Waals surface area (Å²) in [6.45, 7) is 5.89. The molecule has 2 N–H and O–H groups in total. The Hall–Kier alpha value is -1.38. The van der Waals surface area contributed by atoms with Crippen LogP contribution in [0.5, 0.6) is 0 Å². The molecule has 0 aliphatic heterocycles. The second kappa shape index (κ2) is 3.56. The quantitative estimate of drug-likeness (QED) is 0.743. The summed E-state index contributed by atoms with van der Waals surface area (Å²) in [5.74, 6) is -0.403. The standard InChI is InChI=1S/C10H14N2O/c1-4-8-6(2)9(10(11)13)5-12-7(8)3/h5H,4H2,1-3H3,(H2,11,13). The Labute approximate surface area is 78.0 Å². The van der Waals surface area contributed by atoms with E-state index >= 15 is 0 Å². The number of aromatic nitrogens is 1. The number of nitrogens with zero attached hydrogens (tertiary/aromatic N) is 1. The Bertz CT molecular complexity index is 345. The van der Waals surface area contributed by atoms with Crippen molar-refractivity contribution in [2.45, 2.75) is 27.2 Å². The summed E-state index contributed by atoms with van der Waals surface area (Å²) in [4.78, 5) is 15.1. The van der Waals surface area contributed by atoms with Gasteiger partial charge in [0.25, 0.3) is 5.91 Å². The minimum absolute atomic E-state index is 0.403. The topological polar surface area (TPSA) is 56.0 Å². The molecule has 0 aliphatic carbocycles. The highest BCUT2D eigenvalue weighted by molar-refractivity contribution is 5.94. The molecule has 0 unspecified atom stereocenters. The van der Waals surface area contributed by atoms with Gasteiger partial charge in [-0.25, -0.2) is 0 Å². The minimum atomic E-state index is -0.403. The third kappa shape index (κ3) is 1.69. The van der Waals surface area contributed by atoms with Crippen molar-refractivity contribution in [3.8, 4) is 0 Å². The number of aryl methyl sites for hydroxylation is 1. The maximum absolute atomic E-state index is 11.0. The van der Waals surface area contributed by atoms with Crippen molar-refractivity contribution in [3.05, 3.63) is 28.6 Å². The summed E-state index contributed by atoms with van der Waals surface area (Å²) in [6, 6.07) is 0. The van der Waals surface area contributed by atoms with Crippen LogP contribution in [0, 0.1) is 13.8 Å². The number of pyridine rings is 1. The van der Waals surface area contributed by atoms with Crippen LogP contribution < -0.4 is 5.73 Å². The van der Waals surface area contributed by atoms with Crippen LogP contribution in [0.2, 0.25) is 0 Å². The van der Waals surface area contributed by atoms with Gasteiger partial charge in [-0.15, -0.1) is 0 Å². The lowest BCUT2D eigenvalue weighted by Gasteiger charge is -2.09. The fourth-order valence-electron chi connectivity index (χ4n) is 1.54. The van der Waals surface area contributed by atoms with Gasteiger partial charge < -0.3 is 5.73 Å². The zero-order chi connectivity index (χ0) is 10.0. The fourth-order valence-corrected chi connectivity index (χ4v) is 1.54. The molecule has 0 aliphatic rings. The van der Waals surface area contributed by atoms with Crippen molar-refractivity contribution in [3.63, 3.8) is 0 Å². The second-order valence-electron chi connectivity index (χ2n) is 3.08. The predicted octanol–water partition coefficient (Wildman–Crippen LogP) is 1.36. The number of amides is 1. The largest absolute Gasteiger partial charge is 0.366 e. The van der Waals surface area contributed by atoms with Gasteiger partial charge in [0.05, 0.1) is 5.56 Å². The number of carbonyl (C=O) groups excluding carboxylic acids is 1. The summed E-state index contributed by atoms with van der Waals surface area (Å²) >= 11 is 0. The molecule has 0 atom stereocenters. The van der Waals surface area contributed by atoms with Crippen LogP contribution in [0.1, 0.15) is 34.1 Å². The van der Waals surface area contributed by atoms with E-state index in [4.69, 9.17) is 5.73 Å². The lowest BCUT2D eigenvalue weighted by Crippen LogP contribution is -2.15. The molecule has 0 spiro atoms. The van der Waals surface area contributed by atoms with Gasteiger partial charge in [-0.1, -0.05) is 6.92 Å². The first-order chi connectivity index (χ1) is 6.07. The molecule has 3 nitrogen and oxygen atoms in total. The highest BCUT2D eigenvalue weighted by Gasteiger charge is 2.10. The molecule has 1 aromatic heterocycles. The second-order valence-corrected chi connectivity index (χ2v) is 3.08. The van der Waals surface area contributed by atoms with E-state index in [0.29, 0.717) is 5.56 Å². The van der Waals surface area contributed by atoms with E-state index in [9.17, 15) is 4.79 Å². The summed E-state index contributed by atoms with van der Waals surface area (Å²) < 4.78 is 0. The van der Waals surface area contributed by atoms with Crippen molar-refractivity contribution in [1.29, 1.82) is 0 Å². The fraction of sp³-hybridized carbons (Fsp3) is 0.400. The molecular formula is C10H14N2O. The van der Waals surface area contributed by atoms with Crippen molar-refractivity contribution in [2.24, 2.45) is 5.73 Å². The molecule has 0 saturated heterocycles. The summed E-state index contributed by atoms with van der Waals surface area (Å²) in [5.41, 5.74) is 8.80. The molecule has 1 amide bonds. The molecular weight excluding hydrogens is 164 g/mol. The van der Waals surface area contributed by atoms with Crippen LogP contribution in [0.25, 0.3) is 0 Å². The molecule has 1 heterocycles. The Morgan fingerprint density at radius 2 is 2.15 bits per heavy atom. The van der Waals surface area contributed by atoms with Gasteiger partial charge in [-0.2, -0.15) is 0 Å².